The van der Waals surface area contributed by atoms with Crippen LogP contribution < -0.4 is 11.5 Å². The Balaban J connectivity index is 1.32. The molecule has 0 unspecified atom stereocenters. The van der Waals surface area contributed by atoms with Crippen LogP contribution in [0.2, 0.25) is 0 Å². The van der Waals surface area contributed by atoms with E-state index in [0.29, 0.717) is 40.7 Å². The minimum absolute atomic E-state index is 0.0463. The lowest BCUT2D eigenvalue weighted by atomic mass is 9.35. The lowest BCUT2D eigenvalue weighted by molar-refractivity contribution is -0.165. The van der Waals surface area contributed by atoms with Crippen molar-refractivity contribution >= 4 is 29.6 Å². The number of carbonyl (C=O) groups is 3. The third kappa shape index (κ3) is 4.92. The Morgan fingerprint density at radius 3 is 2.32 bits per heavy atom. The van der Waals surface area contributed by atoms with E-state index in [2.05, 4.69) is 31.8 Å². The minimum atomic E-state index is -2.25. The van der Waals surface area contributed by atoms with E-state index in [0.717, 1.165) is 36.8 Å². The van der Waals surface area contributed by atoms with Crippen molar-refractivity contribution < 1.29 is 39.9 Å². The molecule has 11 nitrogen and oxygen atoms in total. The van der Waals surface area contributed by atoms with Crippen molar-refractivity contribution in [2.75, 3.05) is 6.54 Å². The maximum atomic E-state index is 15.9. The fourth-order valence-electron chi connectivity index (χ4n) is 16.8. The molecule has 1 aromatic rings. The summed E-state index contributed by atoms with van der Waals surface area (Å²) in [4.78, 5) is 47.2. The van der Waals surface area contributed by atoms with Gasteiger partial charge >= 0.3 is 5.97 Å². The van der Waals surface area contributed by atoms with E-state index in [1.54, 1.807) is 0 Å². The van der Waals surface area contributed by atoms with Gasteiger partial charge in [-0.25, -0.2) is 4.79 Å². The number of hydrogen-bond donors (Lipinski definition) is 7. The second-order valence-corrected chi connectivity index (χ2v) is 22.0. The Morgan fingerprint density at radius 2 is 1.67 bits per heavy atom. The molecule has 0 aliphatic heterocycles. The number of benzene rings is 1. The van der Waals surface area contributed by atoms with Crippen LogP contribution in [-0.4, -0.2) is 72.4 Å². The number of rotatable bonds is 7. The van der Waals surface area contributed by atoms with Gasteiger partial charge in [0.25, 0.3) is 0 Å². The van der Waals surface area contributed by atoms with Crippen molar-refractivity contribution in [3.63, 3.8) is 0 Å². The number of nitrogens with two attached hydrogens (primary N) is 2. The number of aliphatic hydroxyl groups is 4. The summed E-state index contributed by atoms with van der Waals surface area (Å²) in [6.07, 6.45) is 12.6. The number of aliphatic carboxylic acids is 1. The van der Waals surface area contributed by atoms with E-state index in [9.17, 15) is 35.1 Å². The molecule has 9 N–H and O–H groups in total. The summed E-state index contributed by atoms with van der Waals surface area (Å²) < 4.78 is 0. The van der Waals surface area contributed by atoms with Crippen LogP contribution in [-0.2, 0) is 14.4 Å². The number of nitrogens with zero attached hydrogens (tertiary/aromatic N) is 1. The number of allylic oxidation sites excluding steroid dienone is 3. The van der Waals surface area contributed by atoms with E-state index in [1.165, 1.54) is 6.92 Å². The molecule has 0 aromatic heterocycles. The van der Waals surface area contributed by atoms with Gasteiger partial charge in [-0.15, -0.1) is 0 Å². The van der Waals surface area contributed by atoms with E-state index >= 15 is 4.79 Å². The van der Waals surface area contributed by atoms with Gasteiger partial charge in [0.15, 0.2) is 17.3 Å². The second-order valence-electron chi connectivity index (χ2n) is 22.0. The van der Waals surface area contributed by atoms with Crippen molar-refractivity contribution in [3.8, 4) is 0 Å². The Kier molecular flexibility index (Phi) is 8.92. The highest BCUT2D eigenvalue weighted by Crippen LogP contribution is 2.84. The molecule has 11 heteroatoms. The number of fused-ring (bicyclic) bond motifs is 3. The van der Waals surface area contributed by atoms with Crippen LogP contribution in [0.25, 0.3) is 6.08 Å². The monoisotopic (exact) mass is 857 g/mol. The summed E-state index contributed by atoms with van der Waals surface area (Å²) >= 11 is 0. The summed E-state index contributed by atoms with van der Waals surface area (Å²) in [5, 5.41) is 65.1. The van der Waals surface area contributed by atoms with Crippen LogP contribution in [0, 0.1) is 63.1 Å². The molecule has 10 rings (SSSR count). The lowest BCUT2D eigenvalue weighted by Gasteiger charge is -2.69. The molecule has 0 heterocycles. The first-order valence-corrected chi connectivity index (χ1v) is 23.1. The van der Waals surface area contributed by atoms with Gasteiger partial charge in [0.1, 0.15) is 22.7 Å². The third-order valence-electron chi connectivity index (χ3n) is 19.3. The molecule has 0 spiro atoms. The SMILES string of the molecule is C/C(C(=O)O)=C(/O)[C@]1(O)C2=CCC3=C2[C@@H]2[C@H]([C@H](C4CCCC4)[C@@H]1CN=C(N)N)[C@@]1(C)CC(=O)C4=C5[C@]1(C)[C@]2(O)C(=C[C@@]5(O)[C@@H](/C=C/c1ccccc1)[C@@H]1C(C)(C)C(=O)CC[C@]41C)C3. The number of carboxylic acids is 1. The second kappa shape index (κ2) is 13.3. The molecule has 0 radical (unpaired) electrons. The fraction of sp³-hybridized carbons (Fsp3) is 0.577. The normalized spacial score (nSPS) is 43.6. The molecule has 9 aliphatic carbocycles. The third-order valence-corrected chi connectivity index (χ3v) is 19.3. The molecule has 63 heavy (non-hydrogen) atoms. The zero-order valence-corrected chi connectivity index (χ0v) is 37.4. The number of ketones is 2. The van der Waals surface area contributed by atoms with Crippen molar-refractivity contribution in [1.29, 1.82) is 0 Å². The first-order chi connectivity index (χ1) is 29.6. The predicted octanol–water partition coefficient (Wildman–Crippen LogP) is 6.66. The number of carboxylic acid groups (broad SMARTS) is 1. The maximum Gasteiger partial charge on any atom is 0.334 e. The Bertz CT molecular complexity index is 2500. The lowest BCUT2D eigenvalue weighted by Crippen LogP contribution is -2.71. The molecule has 9 aliphatic rings. The van der Waals surface area contributed by atoms with Gasteiger partial charge in [-0.3, -0.25) is 14.6 Å². The molecule has 334 valence electrons. The molecular weight excluding hydrogens is 795 g/mol. The van der Waals surface area contributed by atoms with Crippen LogP contribution in [0.15, 0.2) is 98.3 Å². The summed E-state index contributed by atoms with van der Waals surface area (Å²) in [7, 11) is 0. The average Bonchev–Trinajstić information content (AvgIpc) is 3.93. The van der Waals surface area contributed by atoms with Crippen LogP contribution >= 0.6 is 0 Å². The fourth-order valence-corrected chi connectivity index (χ4v) is 16.8. The van der Waals surface area contributed by atoms with Gasteiger partial charge in [-0.1, -0.05) is 114 Å². The summed E-state index contributed by atoms with van der Waals surface area (Å²) in [5.74, 6) is -6.17. The topological polar surface area (TPSA) is 217 Å². The molecule has 0 bridgehead atoms. The number of aliphatic hydroxyl groups excluding tert-OH is 1. The standard InChI is InChI=1S/C52H63N3O8/c1-26(44(59)60)43(58)51(62)31-19-17-29-22-30-23-50(61)32(18-16-27-12-8-7-9-13-27)41-46(2,3)35(57)20-21-47(41,4)38-34(56)24-48(5)39(40(37(29)31)52(30,63)49(48,6)42(38)50)36(28-14-10-11-15-28)33(51)25-55-45(53)54/h7-9,12-13,16,18-19,23,28,32-33,36,39-41,58,61-63H,10-11,14-15,17,20-22,24-25H2,1-6H3,(H,59,60)(H4,53,54,55)/b18-16+,43-26-/t32-,33-,36+,39-,40+,41+,47+,48+,49-,50+,51-,52-/m0/s1. The predicted molar refractivity (Wildman–Crippen MR) is 238 cm³/mol. The van der Waals surface area contributed by atoms with Crippen LogP contribution in [0.1, 0.15) is 105 Å². The van der Waals surface area contributed by atoms with E-state index < -0.39 is 91.3 Å². The van der Waals surface area contributed by atoms with E-state index in [-0.39, 0.29) is 49.3 Å². The highest BCUT2D eigenvalue weighted by Gasteiger charge is 2.85. The van der Waals surface area contributed by atoms with E-state index in [4.69, 9.17) is 11.5 Å². The molecule has 4 saturated carbocycles. The number of aliphatic imine (C=N–C) groups is 1. The first-order valence-electron chi connectivity index (χ1n) is 23.1. The van der Waals surface area contributed by atoms with Crippen LogP contribution in [0.3, 0.4) is 0 Å². The molecule has 12 atom stereocenters. The Hall–Kier alpha value is -4.58. The zero-order chi connectivity index (χ0) is 45.2. The van der Waals surface area contributed by atoms with Crippen molar-refractivity contribution in [2.45, 2.75) is 116 Å². The van der Waals surface area contributed by atoms with Gasteiger partial charge in [0, 0.05) is 59.0 Å². The van der Waals surface area contributed by atoms with Gasteiger partial charge in [0.05, 0.1) is 5.57 Å². The number of Topliss-reactive ketones (excluding diaryl/α,β-unsaturated/α-hetero) is 2. The Morgan fingerprint density at radius 1 is 0.984 bits per heavy atom. The van der Waals surface area contributed by atoms with Gasteiger partial charge in [-0.05, 0) is 89.2 Å². The molecule has 0 amide bonds. The minimum Gasteiger partial charge on any atom is -0.508 e. The van der Waals surface area contributed by atoms with Gasteiger partial charge < -0.3 is 37.0 Å². The summed E-state index contributed by atoms with van der Waals surface area (Å²) in [6, 6.07) is 9.88. The first kappa shape index (κ1) is 42.4. The highest BCUT2D eigenvalue weighted by molar-refractivity contribution is 6.02. The van der Waals surface area contributed by atoms with Crippen molar-refractivity contribution in [3.05, 3.63) is 98.9 Å². The van der Waals surface area contributed by atoms with E-state index in [1.807, 2.05) is 62.4 Å². The molecule has 4 fully saturated rings. The molecule has 1 aromatic carbocycles. The maximum absolute atomic E-state index is 15.9. The van der Waals surface area contributed by atoms with Crippen molar-refractivity contribution in [1.82, 2.24) is 0 Å². The van der Waals surface area contributed by atoms with Gasteiger partial charge in [0.2, 0.25) is 0 Å². The quantitative estimate of drug-likeness (QED) is 0.0509. The number of hydrogen-bond acceptors (Lipinski definition) is 8. The zero-order valence-electron chi connectivity index (χ0n) is 37.4. The summed E-state index contributed by atoms with van der Waals surface area (Å²) in [6.45, 7) is 11.4. The number of guanidine groups is 1. The highest BCUT2D eigenvalue weighted by atomic mass is 16.4. The average molecular weight is 858 g/mol. The van der Waals surface area contributed by atoms with Crippen molar-refractivity contribution in [2.24, 2.45) is 79.5 Å². The van der Waals surface area contributed by atoms with Crippen LogP contribution in [0.5, 0.6) is 0 Å². The largest absolute Gasteiger partial charge is 0.508 e. The summed E-state index contributed by atoms with van der Waals surface area (Å²) in [5.41, 5.74) is 6.68. The molecule has 0 saturated heterocycles. The smallest absolute Gasteiger partial charge is 0.334 e. The Labute approximate surface area is 369 Å². The number of carbonyl (C=O) groups excluding carboxylic acids is 2. The van der Waals surface area contributed by atoms with Gasteiger partial charge in [-0.2, -0.15) is 0 Å². The van der Waals surface area contributed by atoms with Crippen LogP contribution in [0.4, 0.5) is 0 Å². The molecular formula is C52H63N3O8.